The average molecular weight is 281 g/mol. The van der Waals surface area contributed by atoms with E-state index in [4.69, 9.17) is 0 Å². The number of fused-ring (bicyclic) bond motifs is 1. The predicted molar refractivity (Wildman–Crippen MR) is 79.0 cm³/mol. The molecule has 0 amide bonds. The van der Waals surface area contributed by atoms with Crippen molar-refractivity contribution in [1.82, 2.24) is 15.0 Å². The standard InChI is InChI=1S/C14H11N5O2/c1-15-14-17-8-12(19(20)21)13(18-14)10-5-4-9-3-2-6-16-11(9)7-10/h2-8H,1H3,(H,15,17,18). The van der Waals surface area contributed by atoms with Crippen LogP contribution in [0.2, 0.25) is 0 Å². The number of pyridine rings is 1. The van der Waals surface area contributed by atoms with Crippen LogP contribution in [0.3, 0.4) is 0 Å². The summed E-state index contributed by atoms with van der Waals surface area (Å²) in [5.74, 6) is 0.330. The van der Waals surface area contributed by atoms with Crippen molar-refractivity contribution in [2.75, 3.05) is 12.4 Å². The summed E-state index contributed by atoms with van der Waals surface area (Å²) in [4.78, 5) is 23.0. The highest BCUT2D eigenvalue weighted by atomic mass is 16.6. The van der Waals surface area contributed by atoms with Crippen molar-refractivity contribution in [3.8, 4) is 11.3 Å². The van der Waals surface area contributed by atoms with Gasteiger partial charge in [0.15, 0.2) is 5.69 Å². The Morgan fingerprint density at radius 2 is 2.10 bits per heavy atom. The molecule has 7 heteroatoms. The van der Waals surface area contributed by atoms with E-state index in [-0.39, 0.29) is 11.4 Å². The largest absolute Gasteiger partial charge is 0.357 e. The second-order valence-electron chi connectivity index (χ2n) is 4.35. The smallest absolute Gasteiger partial charge is 0.313 e. The average Bonchev–Trinajstić information content (AvgIpc) is 2.53. The minimum absolute atomic E-state index is 0.135. The van der Waals surface area contributed by atoms with E-state index in [9.17, 15) is 10.1 Å². The zero-order chi connectivity index (χ0) is 14.8. The monoisotopic (exact) mass is 281 g/mol. The normalized spacial score (nSPS) is 10.5. The minimum Gasteiger partial charge on any atom is -0.357 e. The summed E-state index contributed by atoms with van der Waals surface area (Å²) in [6.45, 7) is 0. The molecular weight excluding hydrogens is 270 g/mol. The van der Waals surface area contributed by atoms with Gasteiger partial charge in [0, 0.05) is 24.2 Å². The molecule has 1 N–H and O–H groups in total. The first-order valence-corrected chi connectivity index (χ1v) is 6.23. The Balaban J connectivity index is 2.22. The second-order valence-corrected chi connectivity index (χ2v) is 4.35. The number of hydrogen-bond donors (Lipinski definition) is 1. The van der Waals surface area contributed by atoms with E-state index in [1.54, 1.807) is 25.4 Å². The van der Waals surface area contributed by atoms with Gasteiger partial charge in [0.25, 0.3) is 0 Å². The molecule has 1 aromatic carbocycles. The molecule has 104 valence electrons. The molecular formula is C14H11N5O2. The van der Waals surface area contributed by atoms with Crippen LogP contribution in [0.4, 0.5) is 11.6 Å². The summed E-state index contributed by atoms with van der Waals surface area (Å²) in [6, 6.07) is 9.21. The third-order valence-corrected chi connectivity index (χ3v) is 3.07. The highest BCUT2D eigenvalue weighted by molar-refractivity contribution is 5.85. The molecule has 3 rings (SSSR count). The molecule has 2 aromatic heterocycles. The molecule has 7 nitrogen and oxygen atoms in total. The molecule has 0 spiro atoms. The molecule has 0 saturated carbocycles. The van der Waals surface area contributed by atoms with Crippen molar-refractivity contribution in [3.05, 3.63) is 52.8 Å². The van der Waals surface area contributed by atoms with E-state index in [1.807, 2.05) is 18.2 Å². The van der Waals surface area contributed by atoms with Crippen molar-refractivity contribution in [3.63, 3.8) is 0 Å². The zero-order valence-electron chi connectivity index (χ0n) is 11.1. The van der Waals surface area contributed by atoms with E-state index in [2.05, 4.69) is 20.3 Å². The Morgan fingerprint density at radius 1 is 1.24 bits per heavy atom. The van der Waals surface area contributed by atoms with Gasteiger partial charge in [-0.2, -0.15) is 0 Å². The van der Waals surface area contributed by atoms with E-state index in [1.165, 1.54) is 6.20 Å². The van der Waals surface area contributed by atoms with Crippen LogP contribution in [0, 0.1) is 10.1 Å². The van der Waals surface area contributed by atoms with E-state index in [0.29, 0.717) is 11.5 Å². The summed E-state index contributed by atoms with van der Waals surface area (Å²) in [5, 5.41) is 14.9. The second kappa shape index (κ2) is 5.12. The van der Waals surface area contributed by atoms with Crippen LogP contribution in [0.25, 0.3) is 22.2 Å². The molecule has 3 aromatic rings. The zero-order valence-corrected chi connectivity index (χ0v) is 11.1. The first kappa shape index (κ1) is 12.9. The molecule has 2 heterocycles. The Morgan fingerprint density at radius 3 is 2.86 bits per heavy atom. The van der Waals surface area contributed by atoms with Crippen molar-refractivity contribution >= 4 is 22.5 Å². The van der Waals surface area contributed by atoms with Crippen LogP contribution in [0.1, 0.15) is 0 Å². The summed E-state index contributed by atoms with van der Waals surface area (Å²) >= 11 is 0. The van der Waals surface area contributed by atoms with Crippen molar-refractivity contribution < 1.29 is 4.92 Å². The van der Waals surface area contributed by atoms with Gasteiger partial charge in [0.05, 0.1) is 10.4 Å². The Hall–Kier alpha value is -3.09. The van der Waals surface area contributed by atoms with Gasteiger partial charge in [0.2, 0.25) is 5.95 Å². The molecule has 0 unspecified atom stereocenters. The van der Waals surface area contributed by atoms with Crippen molar-refractivity contribution in [2.45, 2.75) is 0 Å². The molecule has 0 fully saturated rings. The van der Waals surface area contributed by atoms with Crippen LogP contribution >= 0.6 is 0 Å². The van der Waals surface area contributed by atoms with Gasteiger partial charge >= 0.3 is 5.69 Å². The first-order chi connectivity index (χ1) is 10.2. The SMILES string of the molecule is CNc1ncc([N+](=O)[O-])c(-c2ccc3cccnc3c2)n1. The summed E-state index contributed by atoms with van der Waals surface area (Å²) < 4.78 is 0. The van der Waals surface area contributed by atoms with Gasteiger partial charge in [-0.15, -0.1) is 0 Å². The number of nitrogens with zero attached hydrogens (tertiary/aromatic N) is 4. The molecule has 0 bridgehead atoms. The van der Waals surface area contributed by atoms with Crippen molar-refractivity contribution in [1.29, 1.82) is 0 Å². The first-order valence-electron chi connectivity index (χ1n) is 6.23. The van der Waals surface area contributed by atoms with Crippen LogP contribution in [-0.2, 0) is 0 Å². The molecule has 0 aliphatic heterocycles. The number of aromatic nitrogens is 3. The van der Waals surface area contributed by atoms with Crippen molar-refractivity contribution in [2.24, 2.45) is 0 Å². The predicted octanol–water partition coefficient (Wildman–Crippen LogP) is 2.64. The summed E-state index contributed by atoms with van der Waals surface area (Å²) in [6.07, 6.45) is 2.89. The fourth-order valence-corrected chi connectivity index (χ4v) is 2.06. The van der Waals surface area contributed by atoms with Gasteiger partial charge in [-0.05, 0) is 12.1 Å². The quantitative estimate of drug-likeness (QED) is 0.586. The minimum atomic E-state index is -0.489. The van der Waals surface area contributed by atoms with E-state index < -0.39 is 4.92 Å². The van der Waals surface area contributed by atoms with E-state index in [0.717, 1.165) is 10.9 Å². The maximum Gasteiger partial charge on any atom is 0.313 e. The maximum atomic E-state index is 11.1. The number of nitrogens with one attached hydrogen (secondary N) is 1. The van der Waals surface area contributed by atoms with Gasteiger partial charge in [-0.25, -0.2) is 9.97 Å². The van der Waals surface area contributed by atoms with Gasteiger partial charge < -0.3 is 5.32 Å². The third-order valence-electron chi connectivity index (χ3n) is 3.07. The lowest BCUT2D eigenvalue weighted by Gasteiger charge is -2.05. The molecule has 0 aliphatic rings. The number of rotatable bonds is 3. The van der Waals surface area contributed by atoms with Gasteiger partial charge in [-0.3, -0.25) is 15.1 Å². The molecule has 0 atom stereocenters. The van der Waals surface area contributed by atoms with Crippen LogP contribution in [-0.4, -0.2) is 26.9 Å². The third kappa shape index (κ3) is 2.36. The Kier molecular flexibility index (Phi) is 3.15. The molecule has 0 saturated heterocycles. The van der Waals surface area contributed by atoms with Gasteiger partial charge in [-0.1, -0.05) is 18.2 Å². The lowest BCUT2D eigenvalue weighted by atomic mass is 10.1. The molecule has 0 radical (unpaired) electrons. The number of benzene rings is 1. The van der Waals surface area contributed by atoms with Crippen LogP contribution in [0.15, 0.2) is 42.7 Å². The highest BCUT2D eigenvalue weighted by Crippen LogP contribution is 2.29. The summed E-state index contributed by atoms with van der Waals surface area (Å²) in [7, 11) is 1.66. The Bertz CT molecular complexity index is 834. The van der Waals surface area contributed by atoms with Gasteiger partial charge in [0.1, 0.15) is 6.20 Å². The lowest BCUT2D eigenvalue weighted by molar-refractivity contribution is -0.384. The van der Waals surface area contributed by atoms with Crippen LogP contribution in [0.5, 0.6) is 0 Å². The maximum absolute atomic E-state index is 11.1. The molecule has 0 aliphatic carbocycles. The number of anilines is 1. The Labute approximate surface area is 119 Å². The number of hydrogen-bond acceptors (Lipinski definition) is 6. The fourth-order valence-electron chi connectivity index (χ4n) is 2.06. The number of nitro groups is 1. The van der Waals surface area contributed by atoms with E-state index >= 15 is 0 Å². The molecule has 21 heavy (non-hydrogen) atoms. The fraction of sp³-hybridized carbons (Fsp3) is 0.0714. The topological polar surface area (TPSA) is 93.8 Å². The lowest BCUT2D eigenvalue weighted by Crippen LogP contribution is -2.01. The summed E-state index contributed by atoms with van der Waals surface area (Å²) in [5.41, 5.74) is 1.52. The van der Waals surface area contributed by atoms with Crippen LogP contribution < -0.4 is 5.32 Å². The highest BCUT2D eigenvalue weighted by Gasteiger charge is 2.19.